The van der Waals surface area contributed by atoms with E-state index in [1.807, 2.05) is 0 Å². The first-order chi connectivity index (χ1) is 48.0. The van der Waals surface area contributed by atoms with E-state index in [1.165, 1.54) is 22.3 Å². The minimum Gasteiger partial charge on any atom is -0.309 e. The summed E-state index contributed by atoms with van der Waals surface area (Å²) >= 11 is 0. The molecule has 464 valence electrons. The van der Waals surface area contributed by atoms with Gasteiger partial charge in [0.15, 0.2) is 14.3 Å². The van der Waals surface area contributed by atoms with E-state index in [-0.39, 0.29) is 0 Å². The first-order valence-corrected chi connectivity index (χ1v) is 37.3. The lowest BCUT2D eigenvalue weighted by Crippen LogP contribution is -2.49. The molecule has 0 aromatic heterocycles. The average Bonchev–Trinajstić information content (AvgIpc) is 1.02. The highest BCUT2D eigenvalue weighted by Crippen LogP contribution is 2.74. The van der Waals surface area contributed by atoms with Crippen molar-refractivity contribution in [3.8, 4) is 22.3 Å². The topological polar surface area (TPSA) is 53.6 Å². The Hall–Kier alpha value is -11.4. The highest BCUT2D eigenvalue weighted by atomic mass is 31.2. The molecule has 0 N–H and O–H groups in total. The molecule has 10 heteroatoms. The molecule has 0 radical (unpaired) electrons. The van der Waals surface area contributed by atoms with Gasteiger partial charge in [-0.2, -0.15) is 0 Å². The fraction of sp³-hybridized carbons (Fsp3) is 0.0682. The molecule has 6 aliphatic heterocycles. The van der Waals surface area contributed by atoms with E-state index in [0.29, 0.717) is 0 Å². The number of anilines is 18. The van der Waals surface area contributed by atoms with Crippen LogP contribution in [-0.4, -0.2) is 0 Å². The van der Waals surface area contributed by atoms with Crippen LogP contribution in [0.4, 0.5) is 102 Å². The highest BCUT2D eigenvalue weighted by Gasteiger charge is 2.61. The van der Waals surface area contributed by atoms with Crippen LogP contribution in [-0.2, 0) is 20.0 Å². The lowest BCUT2D eigenvalue weighted by molar-refractivity contribution is 0.591. The van der Waals surface area contributed by atoms with Gasteiger partial charge < -0.3 is 38.5 Å². The summed E-state index contributed by atoms with van der Waals surface area (Å²) in [6.07, 6.45) is 0. The molecule has 0 spiro atoms. The number of hydrogen-bond donors (Lipinski definition) is 0. The van der Waals surface area contributed by atoms with Gasteiger partial charge in [0, 0.05) is 55.7 Å². The number of para-hydroxylation sites is 6. The Bertz CT molecular complexity index is 5670. The molecule has 98 heavy (non-hydrogen) atoms. The highest BCUT2D eigenvalue weighted by molar-refractivity contribution is 7.88. The summed E-state index contributed by atoms with van der Waals surface area (Å²) in [4.78, 5) is 14.6. The second-order valence-electron chi connectivity index (χ2n) is 28.2. The molecule has 2 atom stereocenters. The van der Waals surface area contributed by atoms with Gasteiger partial charge in [-0.1, -0.05) is 198 Å². The Morgan fingerprint density at radius 2 is 0.490 bits per heavy atom. The molecule has 0 bridgehead atoms. The quantitative estimate of drug-likeness (QED) is 0.153. The van der Waals surface area contributed by atoms with E-state index in [4.69, 9.17) is 0 Å². The SMILES string of the molecule is CC1(C)c2ccccc2-c2cc3c4c(c21)N(c1ccccc1)c1cccc2c1P4(=O)c1c(cc4c5c6c(cc4c1N2c1ccccc1)N(c1ccccc1)c1cc2c(c4c1P6(=O)c1c(cccc1N5c1ccccc1)N4c1ccccc1)C(C)(C)c1ccccc1-2)N3c1ccccc1. The van der Waals surface area contributed by atoms with Crippen LogP contribution in [0.3, 0.4) is 0 Å². The Balaban J connectivity index is 0.975. The third kappa shape index (κ3) is 6.46. The van der Waals surface area contributed by atoms with Gasteiger partial charge in [-0.3, -0.25) is 0 Å². The third-order valence-corrected chi connectivity index (χ3v) is 29.1. The minimum atomic E-state index is -4.06. The van der Waals surface area contributed by atoms with Crippen LogP contribution in [0.5, 0.6) is 0 Å². The predicted molar refractivity (Wildman–Crippen MR) is 407 cm³/mol. The van der Waals surface area contributed by atoms with Crippen molar-refractivity contribution in [2.45, 2.75) is 38.5 Å². The Morgan fingerprint density at radius 3 is 0.806 bits per heavy atom. The normalized spacial score (nSPS) is 18.4. The molecule has 2 aliphatic carbocycles. The molecule has 14 aromatic carbocycles. The predicted octanol–water partition coefficient (Wildman–Crippen LogP) is 21.4. The van der Waals surface area contributed by atoms with Crippen LogP contribution >= 0.6 is 14.3 Å². The zero-order chi connectivity index (χ0) is 65.0. The van der Waals surface area contributed by atoms with E-state index in [9.17, 15) is 0 Å². The van der Waals surface area contributed by atoms with Crippen LogP contribution in [0.25, 0.3) is 33.0 Å². The molecule has 14 aromatic rings. The van der Waals surface area contributed by atoms with Gasteiger partial charge in [-0.15, -0.1) is 0 Å². The summed E-state index contributed by atoms with van der Waals surface area (Å²) in [6.45, 7) is 9.42. The molecule has 22 rings (SSSR count). The maximum absolute atomic E-state index is 19.4. The summed E-state index contributed by atoms with van der Waals surface area (Å²) in [6, 6.07) is 105. The van der Waals surface area contributed by atoms with Gasteiger partial charge >= 0.3 is 0 Å². The van der Waals surface area contributed by atoms with Gasteiger partial charge in [-0.05, 0) is 166 Å². The lowest BCUT2D eigenvalue weighted by atomic mass is 9.81. The minimum absolute atomic E-state index is 0.504. The summed E-state index contributed by atoms with van der Waals surface area (Å²) in [5, 5.41) is 6.59. The number of fused-ring (bicyclic) bond motifs is 11. The Morgan fingerprint density at radius 1 is 0.235 bits per heavy atom. The van der Waals surface area contributed by atoms with E-state index in [2.05, 4.69) is 348 Å². The maximum atomic E-state index is 19.4. The van der Waals surface area contributed by atoms with Crippen LogP contribution in [0, 0.1) is 0 Å². The van der Waals surface area contributed by atoms with Crippen molar-refractivity contribution in [2.24, 2.45) is 0 Å². The third-order valence-electron chi connectivity index (χ3n) is 22.6. The number of hydrogen-bond acceptors (Lipinski definition) is 8. The molecule has 0 amide bonds. The van der Waals surface area contributed by atoms with Crippen molar-refractivity contribution in [1.82, 2.24) is 0 Å². The molecule has 8 nitrogen and oxygen atoms in total. The molecule has 2 unspecified atom stereocenters. The van der Waals surface area contributed by atoms with Gasteiger partial charge in [0.2, 0.25) is 0 Å². The monoisotopic (exact) mass is 1290 g/mol. The second kappa shape index (κ2) is 18.8. The lowest BCUT2D eigenvalue weighted by Gasteiger charge is -2.52. The maximum Gasteiger partial charge on any atom is 0.183 e. The standard InChI is InChI=1S/C88H60N6O2P2/c1-87(2)65-43-25-23-41-59(65)61-49-71-85-79(75(61)87)93(57-37-19-9-20-38-57)69-47-27-45-67-81(69)97(85,95)83-73(89(71)53-29-11-5-12-30-53)51-64-63(77(83)91(67)55-33-15-7-16-34-55)52-74-84-78(64)92(56-35-17-8-18-36-56)68-46-28-48-70-82(68)98(84,96)86-72(90(74)54-31-13-6-14-32-54)50-62-60-42-24-26-44-66(60)88(3,4)76(62)80(86)94(70)58-39-21-10-22-40-58/h5-52H,1-4H3. The average molecular weight is 1300 g/mol. The van der Waals surface area contributed by atoms with E-state index in [0.717, 1.165) is 167 Å². The molecular formula is C88H60N6O2P2. The molecule has 0 saturated heterocycles. The number of rotatable bonds is 6. The fourth-order valence-corrected chi connectivity index (χ4v) is 26.3. The van der Waals surface area contributed by atoms with Crippen molar-refractivity contribution in [3.63, 3.8) is 0 Å². The Kier molecular flexibility index (Phi) is 10.5. The van der Waals surface area contributed by atoms with Crippen molar-refractivity contribution >= 4 is 159 Å². The first-order valence-electron chi connectivity index (χ1n) is 33.9. The van der Waals surface area contributed by atoms with Crippen LogP contribution in [0.2, 0.25) is 0 Å². The molecule has 0 fully saturated rings. The largest absolute Gasteiger partial charge is 0.309 e. The van der Waals surface area contributed by atoms with Crippen molar-refractivity contribution in [2.75, 3.05) is 29.4 Å². The summed E-state index contributed by atoms with van der Waals surface area (Å²) in [5.74, 6) is 0. The van der Waals surface area contributed by atoms with E-state index < -0.39 is 25.1 Å². The van der Waals surface area contributed by atoms with E-state index >= 15 is 9.13 Å². The fourth-order valence-electron chi connectivity index (χ4n) is 19.0. The van der Waals surface area contributed by atoms with Gasteiger partial charge in [0.1, 0.15) is 0 Å². The molecule has 6 heterocycles. The second-order valence-corrected chi connectivity index (χ2v) is 33.3. The molecule has 8 aliphatic rings. The van der Waals surface area contributed by atoms with Crippen LogP contribution in [0.1, 0.15) is 49.9 Å². The van der Waals surface area contributed by atoms with Crippen LogP contribution < -0.4 is 61.2 Å². The summed E-state index contributed by atoms with van der Waals surface area (Å²) in [7, 11) is -8.13. The van der Waals surface area contributed by atoms with Crippen molar-refractivity contribution < 1.29 is 9.13 Å². The van der Waals surface area contributed by atoms with Crippen molar-refractivity contribution in [1.29, 1.82) is 0 Å². The smallest absolute Gasteiger partial charge is 0.183 e. The molecule has 0 saturated carbocycles. The van der Waals surface area contributed by atoms with Gasteiger partial charge in [-0.25, -0.2) is 0 Å². The first kappa shape index (κ1) is 54.8. The zero-order valence-corrected chi connectivity index (χ0v) is 55.9. The van der Waals surface area contributed by atoms with Gasteiger partial charge in [0.25, 0.3) is 0 Å². The number of nitrogens with zero attached hydrogens (tertiary/aromatic N) is 6. The number of benzene rings is 14. The van der Waals surface area contributed by atoms with Crippen molar-refractivity contribution in [3.05, 3.63) is 313 Å². The van der Waals surface area contributed by atoms with Crippen LogP contribution in [0.15, 0.2) is 291 Å². The summed E-state index contributed by atoms with van der Waals surface area (Å²) in [5.41, 5.74) is 24.5. The summed E-state index contributed by atoms with van der Waals surface area (Å²) < 4.78 is 38.8. The zero-order valence-electron chi connectivity index (χ0n) is 54.1. The molecular weight excluding hydrogens is 1230 g/mol. The van der Waals surface area contributed by atoms with Gasteiger partial charge in [0.05, 0.1) is 100 Å². The van der Waals surface area contributed by atoms with E-state index in [1.54, 1.807) is 0 Å². The Labute approximate surface area is 568 Å².